The van der Waals surface area contributed by atoms with Crippen LogP contribution in [0.1, 0.15) is 21.7 Å². The fourth-order valence-corrected chi connectivity index (χ4v) is 3.53. The zero-order chi connectivity index (χ0) is 19.1. The van der Waals surface area contributed by atoms with Crippen LogP contribution in [-0.2, 0) is 6.42 Å². The third-order valence-electron chi connectivity index (χ3n) is 4.90. The van der Waals surface area contributed by atoms with Crippen molar-refractivity contribution in [2.24, 2.45) is 0 Å². The van der Waals surface area contributed by atoms with E-state index in [0.717, 1.165) is 34.2 Å². The zero-order valence-electron chi connectivity index (χ0n) is 14.9. The summed E-state index contributed by atoms with van der Waals surface area (Å²) in [5.74, 6) is 1.00. The Morgan fingerprint density at radius 1 is 0.964 bits per heavy atom. The van der Waals surface area contributed by atoms with E-state index >= 15 is 0 Å². The highest BCUT2D eigenvalue weighted by Gasteiger charge is 2.24. The van der Waals surface area contributed by atoms with Crippen LogP contribution < -0.4 is 4.74 Å². The number of carbonyl (C=O) groups excluding carboxylic acids is 1. The van der Waals surface area contributed by atoms with E-state index in [4.69, 9.17) is 9.15 Å². The van der Waals surface area contributed by atoms with Gasteiger partial charge in [0.15, 0.2) is 5.76 Å². The third kappa shape index (κ3) is 2.67. The fourth-order valence-electron chi connectivity index (χ4n) is 3.53. The van der Waals surface area contributed by atoms with E-state index in [2.05, 4.69) is 0 Å². The third-order valence-corrected chi connectivity index (χ3v) is 4.90. The Hall–Kier alpha value is -3.79. The lowest BCUT2D eigenvalue weighted by Gasteiger charge is -2.11. The van der Waals surface area contributed by atoms with E-state index in [-0.39, 0.29) is 17.3 Å². The zero-order valence-corrected chi connectivity index (χ0v) is 14.9. The van der Waals surface area contributed by atoms with E-state index in [1.807, 2.05) is 36.4 Å². The van der Waals surface area contributed by atoms with Crippen molar-refractivity contribution < 1.29 is 19.1 Å². The number of rotatable bonds is 3. The molecule has 0 saturated carbocycles. The van der Waals surface area contributed by atoms with Gasteiger partial charge in [-0.15, -0.1) is 0 Å². The van der Waals surface area contributed by atoms with Crippen molar-refractivity contribution in [2.75, 3.05) is 0 Å². The molecular weight excluding hydrogens is 352 g/mol. The molecule has 0 bridgehead atoms. The van der Waals surface area contributed by atoms with Gasteiger partial charge >= 0.3 is 0 Å². The Morgan fingerprint density at radius 2 is 1.75 bits per heavy atom. The molecule has 4 nitrogen and oxygen atoms in total. The Balaban J connectivity index is 1.77. The van der Waals surface area contributed by atoms with Crippen LogP contribution in [0.15, 0.2) is 83.5 Å². The average molecular weight is 368 g/mol. The lowest BCUT2D eigenvalue weighted by Crippen LogP contribution is -2.01. The number of hydrogen-bond acceptors (Lipinski definition) is 4. The fraction of sp³-hybridized carbons (Fsp3) is 0.0417. The van der Waals surface area contributed by atoms with Gasteiger partial charge in [0.1, 0.15) is 17.1 Å². The number of benzene rings is 3. The van der Waals surface area contributed by atoms with Crippen molar-refractivity contribution in [3.05, 3.63) is 96.0 Å². The van der Waals surface area contributed by atoms with Gasteiger partial charge in [0.25, 0.3) is 0 Å². The summed E-state index contributed by atoms with van der Waals surface area (Å²) >= 11 is 0. The first-order chi connectivity index (χ1) is 13.7. The number of aromatic hydroxyl groups is 1. The van der Waals surface area contributed by atoms with Crippen LogP contribution in [0.3, 0.4) is 0 Å². The van der Waals surface area contributed by atoms with E-state index in [9.17, 15) is 9.90 Å². The Labute approximate surface area is 161 Å². The molecule has 5 rings (SSSR count). The number of fused-ring (bicyclic) bond motifs is 2. The lowest BCUT2D eigenvalue weighted by atomic mass is 9.96. The standard InChI is InChI=1S/C24H16O4/c25-18-10-8-15(9-11-18)22-19-13-17-7-4-12-27-20(17)14-21(19)28-24(22)23(26)16-5-2-1-3-6-16/h1-6,8-14,25H,7H2. The largest absolute Gasteiger partial charge is 0.508 e. The maximum absolute atomic E-state index is 13.2. The maximum atomic E-state index is 13.2. The lowest BCUT2D eigenvalue weighted by molar-refractivity contribution is 0.101. The van der Waals surface area contributed by atoms with Crippen LogP contribution in [0, 0.1) is 0 Å². The summed E-state index contributed by atoms with van der Waals surface area (Å²) in [7, 11) is 0. The molecule has 4 heteroatoms. The monoisotopic (exact) mass is 368 g/mol. The van der Waals surface area contributed by atoms with Gasteiger partial charge in [0, 0.05) is 22.6 Å². The summed E-state index contributed by atoms with van der Waals surface area (Å²) in [5.41, 5.74) is 3.72. The molecule has 28 heavy (non-hydrogen) atoms. The first kappa shape index (κ1) is 16.4. The molecule has 0 unspecified atom stereocenters. The minimum Gasteiger partial charge on any atom is -0.508 e. The van der Waals surface area contributed by atoms with Crippen LogP contribution in [0.2, 0.25) is 0 Å². The van der Waals surface area contributed by atoms with Crippen LogP contribution in [0.4, 0.5) is 0 Å². The molecule has 3 aromatic carbocycles. The summed E-state index contributed by atoms with van der Waals surface area (Å²) in [6.07, 6.45) is 4.37. The number of furan rings is 1. The minimum absolute atomic E-state index is 0.170. The quantitative estimate of drug-likeness (QED) is 0.486. The van der Waals surface area contributed by atoms with Gasteiger partial charge in [0.05, 0.1) is 6.26 Å². The molecule has 136 valence electrons. The Kier molecular flexibility index (Phi) is 3.76. The van der Waals surface area contributed by atoms with Gasteiger partial charge in [0.2, 0.25) is 5.78 Å². The number of hydrogen-bond donors (Lipinski definition) is 1. The van der Waals surface area contributed by atoms with Crippen LogP contribution in [0.5, 0.6) is 11.5 Å². The highest BCUT2D eigenvalue weighted by atomic mass is 16.5. The molecule has 4 aromatic rings. The smallest absolute Gasteiger partial charge is 0.228 e. The second-order valence-corrected chi connectivity index (χ2v) is 6.70. The van der Waals surface area contributed by atoms with E-state index < -0.39 is 0 Å². The van der Waals surface area contributed by atoms with E-state index in [0.29, 0.717) is 11.1 Å². The first-order valence-corrected chi connectivity index (χ1v) is 9.01. The molecule has 1 aliphatic rings. The number of ether oxygens (including phenoxy) is 1. The molecule has 0 fully saturated rings. The minimum atomic E-state index is -0.183. The maximum Gasteiger partial charge on any atom is 0.228 e. The molecule has 1 aliphatic heterocycles. The van der Waals surface area contributed by atoms with Crippen molar-refractivity contribution in [3.8, 4) is 22.6 Å². The van der Waals surface area contributed by atoms with Crippen LogP contribution in [0.25, 0.3) is 22.1 Å². The SMILES string of the molecule is O=C(c1ccccc1)c1oc2cc3c(cc2c1-c1ccc(O)cc1)CC=CO3. The summed E-state index contributed by atoms with van der Waals surface area (Å²) in [6, 6.07) is 19.7. The molecular formula is C24H16O4. The predicted molar refractivity (Wildman–Crippen MR) is 107 cm³/mol. The normalized spacial score (nSPS) is 12.6. The summed E-state index contributed by atoms with van der Waals surface area (Å²) < 4.78 is 11.6. The van der Waals surface area contributed by atoms with Crippen LogP contribution >= 0.6 is 0 Å². The van der Waals surface area contributed by atoms with E-state index in [1.165, 1.54) is 0 Å². The number of phenols is 1. The molecule has 0 amide bonds. The predicted octanol–water partition coefficient (Wildman–Crippen LogP) is 5.49. The van der Waals surface area contributed by atoms with Crippen LogP contribution in [-0.4, -0.2) is 10.9 Å². The molecule has 2 heterocycles. The van der Waals surface area contributed by atoms with Gasteiger partial charge < -0.3 is 14.3 Å². The second kappa shape index (κ2) is 6.43. The van der Waals surface area contributed by atoms with Gasteiger partial charge in [-0.1, -0.05) is 42.5 Å². The van der Waals surface area contributed by atoms with E-state index in [1.54, 1.807) is 42.7 Å². The topological polar surface area (TPSA) is 59.7 Å². The highest BCUT2D eigenvalue weighted by molar-refractivity contribution is 6.15. The van der Waals surface area contributed by atoms with Gasteiger partial charge in [-0.2, -0.15) is 0 Å². The van der Waals surface area contributed by atoms with Crippen molar-refractivity contribution in [1.29, 1.82) is 0 Å². The van der Waals surface area contributed by atoms with Crippen molar-refractivity contribution in [3.63, 3.8) is 0 Å². The molecule has 0 aliphatic carbocycles. The molecule has 1 N–H and O–H groups in total. The molecule has 1 aromatic heterocycles. The van der Waals surface area contributed by atoms with Crippen molar-refractivity contribution in [2.45, 2.75) is 6.42 Å². The number of carbonyl (C=O) groups is 1. The van der Waals surface area contributed by atoms with Gasteiger partial charge in [-0.05, 0) is 41.8 Å². The summed E-state index contributed by atoms with van der Waals surface area (Å²) in [6.45, 7) is 0. The van der Waals surface area contributed by atoms with Gasteiger partial charge in [-0.25, -0.2) is 0 Å². The highest BCUT2D eigenvalue weighted by Crippen LogP contribution is 2.40. The van der Waals surface area contributed by atoms with Crippen molar-refractivity contribution in [1.82, 2.24) is 0 Å². The van der Waals surface area contributed by atoms with Crippen molar-refractivity contribution >= 4 is 16.8 Å². The number of phenolic OH excluding ortho intramolecular Hbond substituents is 1. The second-order valence-electron chi connectivity index (χ2n) is 6.70. The molecule has 0 saturated heterocycles. The summed E-state index contributed by atoms with van der Waals surface area (Å²) in [5, 5.41) is 10.5. The van der Waals surface area contributed by atoms with Gasteiger partial charge in [-0.3, -0.25) is 4.79 Å². The summed E-state index contributed by atoms with van der Waals surface area (Å²) in [4.78, 5) is 13.2. The number of ketones is 1. The molecule has 0 atom stereocenters. The number of allylic oxidation sites excluding steroid dienone is 1. The Morgan fingerprint density at radius 3 is 2.54 bits per heavy atom. The Bertz CT molecular complexity index is 1220. The average Bonchev–Trinajstić information content (AvgIpc) is 3.11. The molecule has 0 radical (unpaired) electrons. The molecule has 0 spiro atoms. The first-order valence-electron chi connectivity index (χ1n) is 9.01.